The van der Waals surface area contributed by atoms with Crippen molar-refractivity contribution in [1.82, 2.24) is 19.9 Å². The van der Waals surface area contributed by atoms with Crippen molar-refractivity contribution in [3.05, 3.63) is 35.8 Å². The van der Waals surface area contributed by atoms with Gasteiger partial charge in [0.05, 0.1) is 11.6 Å². The molecule has 2 atom stereocenters. The van der Waals surface area contributed by atoms with Crippen LogP contribution in [-0.2, 0) is 10.2 Å². The maximum absolute atomic E-state index is 13.1. The van der Waals surface area contributed by atoms with Gasteiger partial charge in [-0.1, -0.05) is 27.2 Å². The Morgan fingerprint density at radius 1 is 1.12 bits per heavy atom. The average Bonchev–Trinajstić information content (AvgIpc) is 3.16. The van der Waals surface area contributed by atoms with Gasteiger partial charge in [-0.05, 0) is 38.8 Å². The predicted octanol–water partition coefficient (Wildman–Crippen LogP) is 3.79. The second kappa shape index (κ2) is 7.93. The summed E-state index contributed by atoms with van der Waals surface area (Å²) in [4.78, 5) is 33.8. The summed E-state index contributed by atoms with van der Waals surface area (Å²) in [6.45, 7) is 12.5. The standard InChI is InChI=1S/C26H33N7O/c1-17-14-32(24(34)25(3,4)5)18(2)13-31(17)22-21-23(30-16-29-22)33(15-26(21)8-6-9-26)20-11-19(12-27)7-10-28-20/h7,10-11,16-18H,6,8-9,13-15H2,1-5H3/t17-,18-/m1/s1. The average molecular weight is 460 g/mol. The fourth-order valence-corrected chi connectivity index (χ4v) is 5.69. The Kier molecular flexibility index (Phi) is 5.27. The molecule has 2 aromatic heterocycles. The van der Waals surface area contributed by atoms with Crippen LogP contribution >= 0.6 is 0 Å². The third kappa shape index (κ3) is 3.49. The Bertz CT molecular complexity index is 1160. The summed E-state index contributed by atoms with van der Waals surface area (Å²) in [6, 6.07) is 6.03. The third-order valence-corrected chi connectivity index (χ3v) is 7.68. The van der Waals surface area contributed by atoms with Crippen LogP contribution < -0.4 is 9.80 Å². The monoisotopic (exact) mass is 459 g/mol. The maximum Gasteiger partial charge on any atom is 0.228 e. The minimum atomic E-state index is -0.395. The van der Waals surface area contributed by atoms with Crippen LogP contribution in [0.5, 0.6) is 0 Å². The number of anilines is 3. The SMILES string of the molecule is C[C@@H]1CN(c2ncnc3c2C2(CCC2)CN3c2cc(C#N)ccn2)[C@H](C)CN1C(=O)C(C)(C)C. The van der Waals surface area contributed by atoms with Crippen molar-refractivity contribution >= 4 is 23.4 Å². The maximum atomic E-state index is 13.1. The Morgan fingerprint density at radius 3 is 2.50 bits per heavy atom. The van der Waals surface area contributed by atoms with Crippen LogP contribution in [0, 0.1) is 16.7 Å². The van der Waals surface area contributed by atoms with Crippen LogP contribution in [0.25, 0.3) is 0 Å². The Morgan fingerprint density at radius 2 is 1.85 bits per heavy atom. The van der Waals surface area contributed by atoms with E-state index < -0.39 is 5.41 Å². The molecule has 1 saturated heterocycles. The zero-order valence-corrected chi connectivity index (χ0v) is 20.7. The second-order valence-corrected chi connectivity index (χ2v) is 11.2. The molecule has 34 heavy (non-hydrogen) atoms. The van der Waals surface area contributed by atoms with Gasteiger partial charge in [0.2, 0.25) is 5.91 Å². The van der Waals surface area contributed by atoms with Crippen LogP contribution in [0.1, 0.15) is 65.0 Å². The fraction of sp³-hybridized carbons (Fsp3) is 0.577. The van der Waals surface area contributed by atoms with E-state index in [2.05, 4.69) is 34.7 Å². The topological polar surface area (TPSA) is 89.2 Å². The smallest absolute Gasteiger partial charge is 0.228 e. The van der Waals surface area contributed by atoms with E-state index in [4.69, 9.17) is 9.97 Å². The molecule has 0 N–H and O–H groups in total. The number of carbonyl (C=O) groups is 1. The van der Waals surface area contributed by atoms with E-state index in [9.17, 15) is 10.1 Å². The molecule has 1 saturated carbocycles. The number of carbonyl (C=O) groups excluding carboxylic acids is 1. The van der Waals surface area contributed by atoms with Crippen molar-refractivity contribution in [3.63, 3.8) is 0 Å². The minimum absolute atomic E-state index is 0.0115. The highest BCUT2D eigenvalue weighted by Gasteiger charge is 2.52. The molecule has 0 unspecified atom stereocenters. The summed E-state index contributed by atoms with van der Waals surface area (Å²) >= 11 is 0. The molecule has 1 amide bonds. The molecule has 5 rings (SSSR count). The van der Waals surface area contributed by atoms with E-state index in [-0.39, 0.29) is 23.4 Å². The number of rotatable bonds is 2. The highest BCUT2D eigenvalue weighted by molar-refractivity contribution is 5.82. The first-order valence-electron chi connectivity index (χ1n) is 12.2. The van der Waals surface area contributed by atoms with Gasteiger partial charge in [-0.3, -0.25) is 4.79 Å². The van der Waals surface area contributed by atoms with Crippen molar-refractivity contribution in [3.8, 4) is 6.07 Å². The van der Waals surface area contributed by atoms with Crippen molar-refractivity contribution in [2.45, 2.75) is 71.4 Å². The molecule has 0 aromatic carbocycles. The predicted molar refractivity (Wildman–Crippen MR) is 131 cm³/mol. The van der Waals surface area contributed by atoms with Crippen LogP contribution in [0.4, 0.5) is 17.5 Å². The second-order valence-electron chi connectivity index (χ2n) is 11.2. The highest BCUT2D eigenvalue weighted by Crippen LogP contribution is 2.56. The van der Waals surface area contributed by atoms with Gasteiger partial charge in [0.25, 0.3) is 0 Å². The van der Waals surface area contributed by atoms with Crippen molar-refractivity contribution in [1.29, 1.82) is 5.26 Å². The van der Waals surface area contributed by atoms with Gasteiger partial charge in [-0.15, -0.1) is 0 Å². The number of amides is 1. The van der Waals surface area contributed by atoms with Crippen LogP contribution in [-0.4, -0.2) is 57.5 Å². The summed E-state index contributed by atoms with van der Waals surface area (Å²) < 4.78 is 0. The van der Waals surface area contributed by atoms with Gasteiger partial charge < -0.3 is 14.7 Å². The molecule has 8 nitrogen and oxygen atoms in total. The molecule has 4 heterocycles. The normalized spacial score (nSPS) is 23.5. The Hall–Kier alpha value is -3.21. The largest absolute Gasteiger partial charge is 0.350 e. The molecular weight excluding hydrogens is 426 g/mol. The number of piperazine rings is 1. The molecular formula is C26H33N7O. The lowest BCUT2D eigenvalue weighted by Gasteiger charge is -2.48. The summed E-state index contributed by atoms with van der Waals surface area (Å²) in [5.74, 6) is 2.85. The van der Waals surface area contributed by atoms with Gasteiger partial charge in [0.15, 0.2) is 0 Å². The minimum Gasteiger partial charge on any atom is -0.350 e. The first kappa shape index (κ1) is 22.6. The van der Waals surface area contributed by atoms with E-state index >= 15 is 0 Å². The third-order valence-electron chi connectivity index (χ3n) is 7.68. The summed E-state index contributed by atoms with van der Waals surface area (Å²) in [6.07, 6.45) is 6.73. The molecule has 8 heteroatoms. The number of fused-ring (bicyclic) bond motifs is 2. The fourth-order valence-electron chi connectivity index (χ4n) is 5.69. The molecule has 178 valence electrons. The zero-order chi connectivity index (χ0) is 24.3. The molecule has 0 bridgehead atoms. The van der Waals surface area contributed by atoms with Crippen molar-refractivity contribution in [2.75, 3.05) is 29.4 Å². The summed E-state index contributed by atoms with van der Waals surface area (Å²) in [5.41, 5.74) is 1.42. The Balaban J connectivity index is 1.52. The first-order valence-corrected chi connectivity index (χ1v) is 12.2. The van der Waals surface area contributed by atoms with Gasteiger partial charge in [0, 0.05) is 54.3 Å². The zero-order valence-electron chi connectivity index (χ0n) is 20.7. The number of pyridine rings is 1. The lowest BCUT2D eigenvalue weighted by atomic mass is 9.66. The molecule has 1 spiro atoms. The lowest BCUT2D eigenvalue weighted by molar-refractivity contribution is -0.142. The number of hydrogen-bond acceptors (Lipinski definition) is 7. The van der Waals surface area contributed by atoms with Crippen LogP contribution in [0.3, 0.4) is 0 Å². The molecule has 1 aliphatic carbocycles. The van der Waals surface area contributed by atoms with Crippen LogP contribution in [0.15, 0.2) is 24.7 Å². The van der Waals surface area contributed by atoms with Crippen LogP contribution in [0.2, 0.25) is 0 Å². The quantitative estimate of drug-likeness (QED) is 0.675. The Labute approximate surface area is 201 Å². The van der Waals surface area contributed by atoms with Gasteiger partial charge in [-0.25, -0.2) is 15.0 Å². The molecule has 2 aliphatic heterocycles. The summed E-state index contributed by atoms with van der Waals surface area (Å²) in [7, 11) is 0. The molecule has 0 radical (unpaired) electrons. The van der Waals surface area contributed by atoms with Gasteiger partial charge in [-0.2, -0.15) is 5.26 Å². The highest BCUT2D eigenvalue weighted by atomic mass is 16.2. The van der Waals surface area contributed by atoms with Gasteiger partial charge in [0.1, 0.15) is 23.8 Å². The van der Waals surface area contributed by atoms with E-state index in [0.29, 0.717) is 12.1 Å². The molecule has 3 aliphatic rings. The van der Waals surface area contributed by atoms with Crippen molar-refractivity contribution < 1.29 is 4.79 Å². The van der Waals surface area contributed by atoms with Gasteiger partial charge >= 0.3 is 0 Å². The number of hydrogen-bond donors (Lipinski definition) is 0. The van der Waals surface area contributed by atoms with Crippen molar-refractivity contribution in [2.24, 2.45) is 5.41 Å². The van der Waals surface area contributed by atoms with E-state index in [1.165, 1.54) is 12.0 Å². The summed E-state index contributed by atoms with van der Waals surface area (Å²) in [5, 5.41) is 9.38. The number of aromatic nitrogens is 3. The first-order chi connectivity index (χ1) is 16.1. The number of nitrogens with zero attached hydrogens (tertiary/aromatic N) is 7. The van der Waals surface area contributed by atoms with E-state index in [0.717, 1.165) is 43.4 Å². The molecule has 2 fully saturated rings. The number of nitriles is 1. The lowest BCUT2D eigenvalue weighted by Crippen LogP contribution is -2.60. The molecule has 2 aromatic rings. The van der Waals surface area contributed by atoms with E-state index in [1.807, 2.05) is 31.7 Å². The van der Waals surface area contributed by atoms with E-state index in [1.54, 1.807) is 18.6 Å².